The zero-order chi connectivity index (χ0) is 16.8. The number of anilines is 2. The Kier molecular flexibility index (Phi) is 5.74. The number of amides is 1. The first kappa shape index (κ1) is 16.8. The highest BCUT2D eigenvalue weighted by Gasteiger charge is 2.23. The standard InChI is InChI=1S/C19H19IN2O2/c20-11-3-4-12-24-15-9-7-14(8-10-15)21-13-17-16-5-1-2-6-18(16)22-19(17)23/h1-2,5-10,13,21H,3-4,11-12H2,(H,22,23)/b17-13+. The summed E-state index contributed by atoms with van der Waals surface area (Å²) in [6, 6.07) is 15.4. The summed E-state index contributed by atoms with van der Waals surface area (Å²) in [5.41, 5.74) is 3.33. The minimum Gasteiger partial charge on any atom is -0.494 e. The smallest absolute Gasteiger partial charge is 0.257 e. The van der Waals surface area contributed by atoms with Gasteiger partial charge in [-0.15, -0.1) is 0 Å². The molecule has 0 saturated heterocycles. The lowest BCUT2D eigenvalue weighted by Crippen LogP contribution is -2.05. The first-order valence-electron chi connectivity index (χ1n) is 7.94. The van der Waals surface area contributed by atoms with Crippen molar-refractivity contribution in [2.45, 2.75) is 12.8 Å². The van der Waals surface area contributed by atoms with Gasteiger partial charge in [0.15, 0.2) is 0 Å². The van der Waals surface area contributed by atoms with E-state index in [1.165, 1.54) is 6.42 Å². The molecule has 5 heteroatoms. The minimum atomic E-state index is -0.0843. The maximum Gasteiger partial charge on any atom is 0.257 e. The van der Waals surface area contributed by atoms with E-state index in [4.69, 9.17) is 4.74 Å². The van der Waals surface area contributed by atoms with Crippen LogP contribution in [0.1, 0.15) is 18.4 Å². The second-order valence-corrected chi connectivity index (χ2v) is 6.55. The number of alkyl halides is 1. The summed E-state index contributed by atoms with van der Waals surface area (Å²) in [6.45, 7) is 0.747. The molecule has 0 saturated carbocycles. The maximum absolute atomic E-state index is 12.0. The molecule has 2 aromatic rings. The molecule has 0 bridgehead atoms. The van der Waals surface area contributed by atoms with Crippen LogP contribution in [-0.4, -0.2) is 16.9 Å². The molecule has 124 valence electrons. The van der Waals surface area contributed by atoms with Gasteiger partial charge in [0.25, 0.3) is 5.91 Å². The number of ether oxygens (including phenoxy) is 1. The number of benzene rings is 2. The average Bonchev–Trinajstić information content (AvgIpc) is 2.93. The highest BCUT2D eigenvalue weighted by molar-refractivity contribution is 14.1. The number of halogens is 1. The third-order valence-corrected chi connectivity index (χ3v) is 4.51. The van der Waals surface area contributed by atoms with Crippen LogP contribution >= 0.6 is 22.6 Å². The summed E-state index contributed by atoms with van der Waals surface area (Å²) in [5, 5.41) is 6.04. The Morgan fingerprint density at radius 3 is 2.67 bits per heavy atom. The van der Waals surface area contributed by atoms with Gasteiger partial charge in [-0.1, -0.05) is 40.8 Å². The fourth-order valence-electron chi connectivity index (χ4n) is 2.47. The number of nitrogens with one attached hydrogen (secondary N) is 2. The monoisotopic (exact) mass is 434 g/mol. The molecule has 0 atom stereocenters. The lowest BCUT2D eigenvalue weighted by atomic mass is 10.1. The molecule has 4 nitrogen and oxygen atoms in total. The van der Waals surface area contributed by atoms with Gasteiger partial charge in [-0.25, -0.2) is 0 Å². The predicted octanol–water partition coefficient (Wildman–Crippen LogP) is 4.69. The van der Waals surface area contributed by atoms with Crippen LogP contribution in [0.15, 0.2) is 54.7 Å². The van der Waals surface area contributed by atoms with Gasteiger partial charge >= 0.3 is 0 Å². The van der Waals surface area contributed by atoms with Gasteiger partial charge in [0.2, 0.25) is 0 Å². The first-order valence-corrected chi connectivity index (χ1v) is 9.47. The van der Waals surface area contributed by atoms with Crippen LogP contribution in [0.2, 0.25) is 0 Å². The SMILES string of the molecule is O=C1Nc2ccccc2/C1=C\Nc1ccc(OCCCCI)cc1. The molecule has 0 fully saturated rings. The van der Waals surface area contributed by atoms with E-state index in [9.17, 15) is 4.79 Å². The quantitative estimate of drug-likeness (QED) is 0.288. The first-order chi connectivity index (χ1) is 11.8. The molecule has 1 amide bonds. The molecule has 0 unspecified atom stereocenters. The lowest BCUT2D eigenvalue weighted by Gasteiger charge is -2.07. The number of para-hydroxylation sites is 1. The summed E-state index contributed by atoms with van der Waals surface area (Å²) in [7, 11) is 0. The van der Waals surface area contributed by atoms with E-state index in [0.717, 1.165) is 40.1 Å². The molecule has 2 N–H and O–H groups in total. The molecule has 1 aliphatic rings. The van der Waals surface area contributed by atoms with Crippen molar-refractivity contribution in [2.75, 3.05) is 21.7 Å². The van der Waals surface area contributed by atoms with Crippen LogP contribution in [0.4, 0.5) is 11.4 Å². The summed E-state index contributed by atoms with van der Waals surface area (Å²) >= 11 is 2.38. The molecule has 24 heavy (non-hydrogen) atoms. The molecular weight excluding hydrogens is 415 g/mol. The van der Waals surface area contributed by atoms with Crippen LogP contribution < -0.4 is 15.4 Å². The number of carbonyl (C=O) groups excluding carboxylic acids is 1. The van der Waals surface area contributed by atoms with Crippen molar-refractivity contribution in [2.24, 2.45) is 0 Å². The van der Waals surface area contributed by atoms with Crippen molar-refractivity contribution in [1.82, 2.24) is 0 Å². The second-order valence-electron chi connectivity index (χ2n) is 5.47. The van der Waals surface area contributed by atoms with Crippen LogP contribution in [0.25, 0.3) is 5.57 Å². The largest absolute Gasteiger partial charge is 0.494 e. The normalized spacial score (nSPS) is 14.4. The number of hydrogen-bond acceptors (Lipinski definition) is 3. The van der Waals surface area contributed by atoms with Gasteiger partial charge in [-0.05, 0) is 47.6 Å². The summed E-state index contributed by atoms with van der Waals surface area (Å²) < 4.78 is 6.86. The Morgan fingerprint density at radius 1 is 1.08 bits per heavy atom. The van der Waals surface area contributed by atoms with E-state index >= 15 is 0 Å². The molecular formula is C19H19IN2O2. The van der Waals surface area contributed by atoms with E-state index < -0.39 is 0 Å². The van der Waals surface area contributed by atoms with E-state index in [1.54, 1.807) is 6.20 Å². The Hall–Kier alpha value is -2.02. The predicted molar refractivity (Wildman–Crippen MR) is 107 cm³/mol. The number of fused-ring (bicyclic) bond motifs is 1. The third kappa shape index (κ3) is 4.08. The van der Waals surface area contributed by atoms with E-state index in [2.05, 4.69) is 33.2 Å². The van der Waals surface area contributed by atoms with Crippen molar-refractivity contribution in [3.8, 4) is 5.75 Å². The van der Waals surface area contributed by atoms with Gasteiger partial charge in [0, 0.05) is 23.1 Å². The van der Waals surface area contributed by atoms with Gasteiger partial charge in [0.05, 0.1) is 12.2 Å². The van der Waals surface area contributed by atoms with Crippen LogP contribution in [0.5, 0.6) is 5.75 Å². The second kappa shape index (κ2) is 8.19. The highest BCUT2D eigenvalue weighted by atomic mass is 127. The van der Waals surface area contributed by atoms with E-state index in [1.807, 2.05) is 48.5 Å². The van der Waals surface area contributed by atoms with Gasteiger partial charge in [-0.2, -0.15) is 0 Å². The van der Waals surface area contributed by atoms with Gasteiger partial charge < -0.3 is 15.4 Å². The van der Waals surface area contributed by atoms with Gasteiger partial charge in [-0.3, -0.25) is 4.79 Å². The number of rotatable bonds is 7. The molecule has 1 aliphatic heterocycles. The zero-order valence-corrected chi connectivity index (χ0v) is 15.4. The summed E-state index contributed by atoms with van der Waals surface area (Å²) in [5.74, 6) is 0.782. The number of unbranched alkanes of at least 4 members (excludes halogenated alkanes) is 1. The van der Waals surface area contributed by atoms with Crippen molar-refractivity contribution in [3.05, 3.63) is 60.3 Å². The van der Waals surface area contributed by atoms with Crippen LogP contribution in [0, 0.1) is 0 Å². The fraction of sp³-hybridized carbons (Fsp3) is 0.211. The maximum atomic E-state index is 12.0. The molecule has 2 aromatic carbocycles. The van der Waals surface area contributed by atoms with Crippen LogP contribution in [0.3, 0.4) is 0 Å². The molecule has 0 spiro atoms. The third-order valence-electron chi connectivity index (χ3n) is 3.74. The van der Waals surface area contributed by atoms with Crippen molar-refractivity contribution < 1.29 is 9.53 Å². The summed E-state index contributed by atoms with van der Waals surface area (Å²) in [4.78, 5) is 12.0. The van der Waals surface area contributed by atoms with Crippen molar-refractivity contribution in [3.63, 3.8) is 0 Å². The minimum absolute atomic E-state index is 0.0843. The average molecular weight is 434 g/mol. The molecule has 0 aromatic heterocycles. The lowest BCUT2D eigenvalue weighted by molar-refractivity contribution is -0.110. The van der Waals surface area contributed by atoms with E-state index in [0.29, 0.717) is 5.57 Å². The number of hydrogen-bond donors (Lipinski definition) is 2. The number of carbonyl (C=O) groups is 1. The molecule has 0 radical (unpaired) electrons. The highest BCUT2D eigenvalue weighted by Crippen LogP contribution is 2.31. The Bertz CT molecular complexity index is 741. The molecule has 1 heterocycles. The molecule has 3 rings (SSSR count). The molecule has 0 aliphatic carbocycles. The Balaban J connectivity index is 1.61. The zero-order valence-electron chi connectivity index (χ0n) is 13.2. The Labute approximate surface area is 155 Å². The fourth-order valence-corrected chi connectivity index (χ4v) is 3.01. The summed E-state index contributed by atoms with van der Waals surface area (Å²) in [6.07, 6.45) is 4.00. The topological polar surface area (TPSA) is 50.4 Å². The van der Waals surface area contributed by atoms with E-state index in [-0.39, 0.29) is 5.91 Å². The van der Waals surface area contributed by atoms with Crippen molar-refractivity contribution >= 4 is 45.4 Å². The van der Waals surface area contributed by atoms with Crippen molar-refractivity contribution in [1.29, 1.82) is 0 Å². The Morgan fingerprint density at radius 2 is 1.88 bits per heavy atom. The van der Waals surface area contributed by atoms with Crippen LogP contribution in [-0.2, 0) is 4.79 Å². The van der Waals surface area contributed by atoms with Gasteiger partial charge in [0.1, 0.15) is 5.75 Å².